The topological polar surface area (TPSA) is 128 Å². The van der Waals surface area contributed by atoms with Crippen molar-refractivity contribution in [1.82, 2.24) is 10.6 Å². The average Bonchev–Trinajstić information content (AvgIpc) is 2.37. The Balaban J connectivity index is 2.86. The second-order valence-electron chi connectivity index (χ2n) is 4.41. The van der Waals surface area contributed by atoms with Crippen molar-refractivity contribution in [3.63, 3.8) is 0 Å². The first kappa shape index (κ1) is 15.8. The predicted molar refractivity (Wildman–Crippen MR) is 63.8 cm³/mol. The maximum Gasteiger partial charge on any atom is 0.221 e. The molecule has 0 aromatic rings. The maximum absolute atomic E-state index is 11.4. The van der Waals surface area contributed by atoms with Crippen LogP contribution < -0.4 is 10.6 Å². The molecule has 1 fully saturated rings. The highest BCUT2D eigenvalue weighted by Crippen LogP contribution is 2.20. The van der Waals surface area contributed by atoms with Gasteiger partial charge in [0.25, 0.3) is 0 Å². The molecular formula is C11H20N2O6. The van der Waals surface area contributed by atoms with E-state index in [9.17, 15) is 19.8 Å². The van der Waals surface area contributed by atoms with E-state index in [1.165, 1.54) is 6.92 Å². The van der Waals surface area contributed by atoms with Crippen LogP contribution in [-0.4, -0.2) is 64.3 Å². The minimum absolute atomic E-state index is 0.203. The molecule has 19 heavy (non-hydrogen) atoms. The van der Waals surface area contributed by atoms with E-state index in [4.69, 9.17) is 9.84 Å². The summed E-state index contributed by atoms with van der Waals surface area (Å²) in [6.07, 6.45) is -4.53. The Kier molecular flexibility index (Phi) is 5.67. The average molecular weight is 276 g/mol. The first-order valence-corrected chi connectivity index (χ1v) is 6.09. The van der Waals surface area contributed by atoms with Gasteiger partial charge in [-0.15, -0.1) is 0 Å². The lowest BCUT2D eigenvalue weighted by Gasteiger charge is -2.42. The Hall–Kier alpha value is -1.22. The number of aliphatic hydroxyl groups excluding tert-OH is 3. The van der Waals surface area contributed by atoms with Gasteiger partial charge in [0, 0.05) is 13.3 Å². The van der Waals surface area contributed by atoms with Crippen LogP contribution in [0.3, 0.4) is 0 Å². The highest BCUT2D eigenvalue weighted by atomic mass is 16.5. The smallest absolute Gasteiger partial charge is 0.221 e. The number of carbonyl (C=O) groups is 2. The van der Waals surface area contributed by atoms with Crippen LogP contribution in [0.2, 0.25) is 0 Å². The summed E-state index contributed by atoms with van der Waals surface area (Å²) in [7, 11) is 0. The summed E-state index contributed by atoms with van der Waals surface area (Å²) < 4.78 is 5.30. The van der Waals surface area contributed by atoms with E-state index in [0.717, 1.165) is 0 Å². The van der Waals surface area contributed by atoms with Crippen molar-refractivity contribution in [3.05, 3.63) is 0 Å². The number of carbonyl (C=O) groups excluding carboxylic acids is 2. The summed E-state index contributed by atoms with van der Waals surface area (Å²) in [5.41, 5.74) is 0. The zero-order valence-electron chi connectivity index (χ0n) is 10.9. The van der Waals surface area contributed by atoms with E-state index < -0.39 is 43.1 Å². The van der Waals surface area contributed by atoms with Crippen molar-refractivity contribution in [3.8, 4) is 0 Å². The third-order valence-electron chi connectivity index (χ3n) is 2.92. The molecule has 0 aliphatic carbocycles. The summed E-state index contributed by atoms with van der Waals surface area (Å²) in [5.74, 6) is -0.765. The summed E-state index contributed by atoms with van der Waals surface area (Å²) in [5, 5.41) is 33.6. The lowest BCUT2D eigenvalue weighted by molar-refractivity contribution is -0.203. The summed E-state index contributed by atoms with van der Waals surface area (Å²) in [4.78, 5) is 22.5. The normalized spacial score (nSPS) is 34.7. The van der Waals surface area contributed by atoms with Gasteiger partial charge < -0.3 is 30.7 Å². The number of ether oxygens (including phenoxy) is 1. The molecule has 1 heterocycles. The number of nitrogens with one attached hydrogen (secondary N) is 2. The molecule has 0 aromatic carbocycles. The highest BCUT2D eigenvalue weighted by Gasteiger charge is 2.45. The van der Waals surface area contributed by atoms with Crippen molar-refractivity contribution in [1.29, 1.82) is 0 Å². The fraction of sp³-hybridized carbons (Fsp3) is 0.818. The van der Waals surface area contributed by atoms with Gasteiger partial charge in [0.1, 0.15) is 24.4 Å². The Bertz CT molecular complexity index is 337. The van der Waals surface area contributed by atoms with Gasteiger partial charge in [-0.05, 0) is 0 Å². The number of amides is 2. The molecule has 2 amide bonds. The lowest BCUT2D eigenvalue weighted by atomic mass is 9.96. The third kappa shape index (κ3) is 3.87. The van der Waals surface area contributed by atoms with Crippen LogP contribution in [-0.2, 0) is 14.3 Å². The molecule has 5 atom stereocenters. The van der Waals surface area contributed by atoms with Crippen molar-refractivity contribution >= 4 is 11.8 Å². The molecule has 1 rings (SSSR count). The second-order valence-corrected chi connectivity index (χ2v) is 4.41. The van der Waals surface area contributed by atoms with Gasteiger partial charge in [-0.2, -0.15) is 0 Å². The molecule has 0 aromatic heterocycles. The van der Waals surface area contributed by atoms with Gasteiger partial charge in [0.2, 0.25) is 11.8 Å². The third-order valence-corrected chi connectivity index (χ3v) is 2.92. The standard InChI is InChI=1S/C11H20N2O6/c1-3-7(16)13-11-8(12-5(2)15)10(18)9(17)6(4-14)19-11/h6,8-11,14,17-18H,3-4H2,1-2H3,(H,12,15)(H,13,16)/t6-,8-,9-,10-,11-/m1/s1. The quantitative estimate of drug-likeness (QED) is 0.385. The molecule has 0 spiro atoms. The lowest BCUT2D eigenvalue weighted by Crippen LogP contribution is -2.68. The predicted octanol–water partition coefficient (Wildman–Crippen LogP) is -2.54. The van der Waals surface area contributed by atoms with Crippen LogP contribution in [0.4, 0.5) is 0 Å². The molecule has 0 unspecified atom stereocenters. The number of hydrogen-bond donors (Lipinski definition) is 5. The largest absolute Gasteiger partial charge is 0.394 e. The van der Waals surface area contributed by atoms with Crippen LogP contribution in [0.1, 0.15) is 20.3 Å². The number of rotatable bonds is 4. The van der Waals surface area contributed by atoms with Gasteiger partial charge >= 0.3 is 0 Å². The van der Waals surface area contributed by atoms with Crippen molar-refractivity contribution in [2.24, 2.45) is 0 Å². The van der Waals surface area contributed by atoms with E-state index in [2.05, 4.69) is 10.6 Å². The summed E-state index contributed by atoms with van der Waals surface area (Å²) in [6, 6.07) is -0.981. The summed E-state index contributed by atoms with van der Waals surface area (Å²) in [6.45, 7) is 2.37. The molecule has 1 aliphatic heterocycles. The van der Waals surface area contributed by atoms with Crippen molar-refractivity contribution in [2.75, 3.05) is 6.61 Å². The van der Waals surface area contributed by atoms with Gasteiger partial charge in [-0.1, -0.05) is 6.92 Å². The SMILES string of the molecule is CCC(=O)N[C@@H]1O[C@H](CO)[C@@H](O)[C@H](O)[C@H]1NC(C)=O. The molecule has 0 saturated carbocycles. The van der Waals surface area contributed by atoms with E-state index in [1.54, 1.807) is 6.92 Å². The zero-order valence-corrected chi connectivity index (χ0v) is 10.9. The molecule has 5 N–H and O–H groups in total. The number of aliphatic hydroxyl groups is 3. The number of hydrogen-bond acceptors (Lipinski definition) is 6. The minimum atomic E-state index is -1.35. The monoisotopic (exact) mass is 276 g/mol. The zero-order chi connectivity index (χ0) is 14.6. The van der Waals surface area contributed by atoms with Crippen LogP contribution in [0.15, 0.2) is 0 Å². The van der Waals surface area contributed by atoms with E-state index in [-0.39, 0.29) is 12.3 Å². The molecule has 1 saturated heterocycles. The fourth-order valence-corrected chi connectivity index (χ4v) is 1.90. The first-order valence-electron chi connectivity index (χ1n) is 6.09. The van der Waals surface area contributed by atoms with Crippen LogP contribution in [0.5, 0.6) is 0 Å². The van der Waals surface area contributed by atoms with Gasteiger partial charge in [-0.3, -0.25) is 9.59 Å². The molecule has 0 bridgehead atoms. The summed E-state index contributed by atoms with van der Waals surface area (Å²) >= 11 is 0. The van der Waals surface area contributed by atoms with Gasteiger partial charge in [0.05, 0.1) is 6.61 Å². The minimum Gasteiger partial charge on any atom is -0.394 e. The Morgan fingerprint density at radius 3 is 2.32 bits per heavy atom. The molecule has 8 heteroatoms. The molecule has 1 aliphatic rings. The second kappa shape index (κ2) is 6.80. The first-order chi connectivity index (χ1) is 8.90. The van der Waals surface area contributed by atoms with Gasteiger partial charge in [0.15, 0.2) is 6.23 Å². The Morgan fingerprint density at radius 2 is 1.84 bits per heavy atom. The van der Waals surface area contributed by atoms with Gasteiger partial charge in [-0.25, -0.2) is 0 Å². The Morgan fingerprint density at radius 1 is 1.21 bits per heavy atom. The van der Waals surface area contributed by atoms with Crippen molar-refractivity contribution < 1.29 is 29.6 Å². The fourth-order valence-electron chi connectivity index (χ4n) is 1.90. The molecule has 0 radical (unpaired) electrons. The molecule has 110 valence electrons. The molecular weight excluding hydrogens is 256 g/mol. The van der Waals surface area contributed by atoms with Crippen molar-refractivity contribution in [2.45, 2.75) is 50.8 Å². The van der Waals surface area contributed by atoms with E-state index in [1.807, 2.05) is 0 Å². The Labute approximate surface area is 110 Å². The highest BCUT2D eigenvalue weighted by molar-refractivity contribution is 5.76. The maximum atomic E-state index is 11.4. The van der Waals surface area contributed by atoms with E-state index in [0.29, 0.717) is 0 Å². The van der Waals surface area contributed by atoms with Crippen LogP contribution in [0.25, 0.3) is 0 Å². The van der Waals surface area contributed by atoms with Crippen LogP contribution >= 0.6 is 0 Å². The van der Waals surface area contributed by atoms with E-state index >= 15 is 0 Å². The molecule has 8 nitrogen and oxygen atoms in total. The van der Waals surface area contributed by atoms with Crippen LogP contribution in [0, 0.1) is 0 Å².